The summed E-state index contributed by atoms with van der Waals surface area (Å²) < 4.78 is 11.6. The molecule has 0 atom stereocenters. The molecular formula is C38H27N3OS. The molecule has 4 nitrogen and oxygen atoms in total. The molecule has 0 spiro atoms. The lowest BCUT2D eigenvalue weighted by atomic mass is 10.1. The fourth-order valence-electron chi connectivity index (χ4n) is 6.65. The molecule has 9 rings (SSSR count). The molecule has 0 bridgehead atoms. The van der Waals surface area contributed by atoms with E-state index in [-0.39, 0.29) is 0 Å². The van der Waals surface area contributed by atoms with Crippen LogP contribution in [0.3, 0.4) is 0 Å². The van der Waals surface area contributed by atoms with Crippen LogP contribution in [0.15, 0.2) is 133 Å². The van der Waals surface area contributed by atoms with Crippen LogP contribution in [0.5, 0.6) is 11.5 Å². The number of aromatic nitrogens is 1. The first-order valence-corrected chi connectivity index (χ1v) is 15.3. The molecule has 0 unspecified atom stereocenters. The minimum absolute atomic E-state index is 0.803. The van der Waals surface area contributed by atoms with Crippen molar-refractivity contribution in [2.24, 2.45) is 0 Å². The van der Waals surface area contributed by atoms with Crippen LogP contribution in [0.4, 0.5) is 17.1 Å². The molecule has 0 N–H and O–H groups in total. The topological polar surface area (TPSA) is 20.6 Å². The SMILES string of the molecule is CN1CN(c2cccc(Oc3ccc4c5ccc6sc7ccccc7c6c5n(-c5ccccc5)c4c3)c2)c2ccccc21. The summed E-state index contributed by atoms with van der Waals surface area (Å²) in [5.74, 6) is 1.63. The second-order valence-electron chi connectivity index (χ2n) is 11.1. The standard InChI is InChI=1S/C38H27N3OS/c1-39-24-40(33-16-7-6-15-32(33)39)26-12-9-13-27(22-26)42-28-18-19-29-30-20-21-36-37(31-14-5-8-17-35(31)43-36)38(30)41(34(29)23-28)25-10-3-2-4-11-25/h2-23H,24H2,1H3. The lowest BCUT2D eigenvalue weighted by molar-refractivity contribution is 0.483. The Balaban J connectivity index is 1.20. The van der Waals surface area contributed by atoms with Gasteiger partial charge < -0.3 is 19.1 Å². The summed E-state index contributed by atoms with van der Waals surface area (Å²) >= 11 is 1.86. The van der Waals surface area contributed by atoms with Crippen LogP contribution in [-0.2, 0) is 0 Å². The van der Waals surface area contributed by atoms with Gasteiger partial charge in [0.1, 0.15) is 11.5 Å². The monoisotopic (exact) mass is 573 g/mol. The van der Waals surface area contributed by atoms with Gasteiger partial charge in [0.2, 0.25) is 0 Å². The minimum Gasteiger partial charge on any atom is -0.457 e. The zero-order valence-corrected chi connectivity index (χ0v) is 24.4. The molecule has 0 saturated heterocycles. The van der Waals surface area contributed by atoms with Gasteiger partial charge in [-0.15, -0.1) is 11.3 Å². The fourth-order valence-corrected chi connectivity index (χ4v) is 7.76. The van der Waals surface area contributed by atoms with Crippen molar-refractivity contribution >= 4 is 70.4 Å². The highest BCUT2D eigenvalue weighted by molar-refractivity contribution is 7.26. The minimum atomic E-state index is 0.803. The summed E-state index contributed by atoms with van der Waals surface area (Å²) in [6.45, 7) is 0.803. The number of benzene rings is 6. The van der Waals surface area contributed by atoms with E-state index >= 15 is 0 Å². The molecule has 0 fully saturated rings. The van der Waals surface area contributed by atoms with Crippen LogP contribution in [0.1, 0.15) is 0 Å². The highest BCUT2D eigenvalue weighted by Gasteiger charge is 2.24. The van der Waals surface area contributed by atoms with Gasteiger partial charge in [0.25, 0.3) is 0 Å². The van der Waals surface area contributed by atoms with Crippen molar-refractivity contribution < 1.29 is 4.74 Å². The maximum Gasteiger partial charge on any atom is 0.129 e. The predicted octanol–water partition coefficient (Wildman–Crippen LogP) is 10.5. The van der Waals surface area contributed by atoms with E-state index in [9.17, 15) is 0 Å². The third kappa shape index (κ3) is 3.75. The number of hydrogen-bond donors (Lipinski definition) is 0. The molecule has 3 heterocycles. The van der Waals surface area contributed by atoms with Gasteiger partial charge in [0, 0.05) is 61.5 Å². The molecule has 8 aromatic rings. The Kier molecular flexibility index (Phi) is 5.31. The quantitative estimate of drug-likeness (QED) is 0.209. The second-order valence-corrected chi connectivity index (χ2v) is 12.2. The van der Waals surface area contributed by atoms with Crippen LogP contribution >= 0.6 is 11.3 Å². The van der Waals surface area contributed by atoms with E-state index in [1.54, 1.807) is 0 Å². The van der Waals surface area contributed by atoms with Crippen molar-refractivity contribution in [1.82, 2.24) is 4.57 Å². The normalized spacial score (nSPS) is 13.0. The number of para-hydroxylation sites is 3. The molecule has 43 heavy (non-hydrogen) atoms. The zero-order chi connectivity index (χ0) is 28.5. The van der Waals surface area contributed by atoms with Crippen molar-refractivity contribution in [1.29, 1.82) is 0 Å². The van der Waals surface area contributed by atoms with Gasteiger partial charge in [-0.05, 0) is 60.7 Å². The van der Waals surface area contributed by atoms with Crippen LogP contribution < -0.4 is 14.5 Å². The first kappa shape index (κ1) is 24.3. The second kappa shape index (κ2) is 9.38. The predicted molar refractivity (Wildman–Crippen MR) is 182 cm³/mol. The molecule has 5 heteroatoms. The van der Waals surface area contributed by atoms with E-state index in [1.807, 2.05) is 17.4 Å². The number of thiophene rings is 1. The number of fused-ring (bicyclic) bond motifs is 8. The van der Waals surface area contributed by atoms with E-state index in [0.29, 0.717) is 0 Å². The molecule has 2 aromatic heterocycles. The summed E-state index contributed by atoms with van der Waals surface area (Å²) in [5, 5.41) is 5.08. The summed E-state index contributed by atoms with van der Waals surface area (Å²) in [6, 6.07) is 47.4. The molecule has 0 radical (unpaired) electrons. The fraction of sp³-hybridized carbons (Fsp3) is 0.0526. The molecule has 1 aliphatic rings. The Hall–Kier alpha value is -5.26. The Labute approximate surface area is 253 Å². The Morgan fingerprint density at radius 2 is 1.33 bits per heavy atom. The summed E-state index contributed by atoms with van der Waals surface area (Å²) in [7, 11) is 2.13. The Bertz CT molecular complexity index is 2340. The van der Waals surface area contributed by atoms with Crippen molar-refractivity contribution in [2.45, 2.75) is 0 Å². The van der Waals surface area contributed by atoms with E-state index in [2.05, 4.69) is 149 Å². The van der Waals surface area contributed by atoms with Crippen LogP contribution in [0.25, 0.3) is 47.7 Å². The summed E-state index contributed by atoms with van der Waals surface area (Å²) in [6.07, 6.45) is 0. The van der Waals surface area contributed by atoms with E-state index in [4.69, 9.17) is 4.74 Å². The van der Waals surface area contributed by atoms with Gasteiger partial charge in [-0.25, -0.2) is 0 Å². The average Bonchev–Trinajstić information content (AvgIpc) is 3.70. The summed E-state index contributed by atoms with van der Waals surface area (Å²) in [4.78, 5) is 4.60. The third-order valence-electron chi connectivity index (χ3n) is 8.56. The van der Waals surface area contributed by atoms with Gasteiger partial charge in [-0.3, -0.25) is 0 Å². The highest BCUT2D eigenvalue weighted by Crippen LogP contribution is 2.44. The number of anilines is 3. The summed E-state index contributed by atoms with van der Waals surface area (Å²) in [5.41, 5.74) is 7.07. The molecule has 1 aliphatic heterocycles. The first-order chi connectivity index (χ1) is 21.2. The first-order valence-electron chi connectivity index (χ1n) is 14.5. The number of nitrogens with zero attached hydrogens (tertiary/aromatic N) is 3. The molecule has 0 amide bonds. The molecule has 0 aliphatic carbocycles. The van der Waals surface area contributed by atoms with Crippen molar-refractivity contribution in [3.63, 3.8) is 0 Å². The van der Waals surface area contributed by atoms with E-state index in [0.717, 1.165) is 35.1 Å². The van der Waals surface area contributed by atoms with Crippen LogP contribution in [0, 0.1) is 0 Å². The Morgan fingerprint density at radius 3 is 2.23 bits per heavy atom. The van der Waals surface area contributed by atoms with Gasteiger partial charge in [-0.1, -0.05) is 60.7 Å². The molecule has 0 saturated carbocycles. The third-order valence-corrected chi connectivity index (χ3v) is 9.69. The smallest absolute Gasteiger partial charge is 0.129 e. The van der Waals surface area contributed by atoms with Crippen molar-refractivity contribution in [3.8, 4) is 17.2 Å². The zero-order valence-electron chi connectivity index (χ0n) is 23.6. The van der Waals surface area contributed by atoms with Gasteiger partial charge in [0.15, 0.2) is 0 Å². The van der Waals surface area contributed by atoms with Gasteiger partial charge in [-0.2, -0.15) is 0 Å². The highest BCUT2D eigenvalue weighted by atomic mass is 32.1. The van der Waals surface area contributed by atoms with Crippen LogP contribution in [0.2, 0.25) is 0 Å². The van der Waals surface area contributed by atoms with Crippen molar-refractivity contribution in [3.05, 3.63) is 133 Å². The van der Waals surface area contributed by atoms with Gasteiger partial charge in [0.05, 0.1) is 29.1 Å². The lowest BCUT2D eigenvalue weighted by Gasteiger charge is -2.20. The largest absolute Gasteiger partial charge is 0.457 e. The van der Waals surface area contributed by atoms with Gasteiger partial charge >= 0.3 is 0 Å². The van der Waals surface area contributed by atoms with E-state index < -0.39 is 0 Å². The Morgan fingerprint density at radius 1 is 0.581 bits per heavy atom. The number of ether oxygens (including phenoxy) is 1. The van der Waals surface area contributed by atoms with Crippen LogP contribution in [-0.4, -0.2) is 18.3 Å². The maximum atomic E-state index is 6.58. The van der Waals surface area contributed by atoms with E-state index in [1.165, 1.54) is 47.8 Å². The molecular weight excluding hydrogens is 547 g/mol. The lowest BCUT2D eigenvalue weighted by Crippen LogP contribution is -2.23. The molecule has 6 aromatic carbocycles. The average molecular weight is 574 g/mol. The number of hydrogen-bond acceptors (Lipinski definition) is 4. The number of rotatable bonds is 4. The van der Waals surface area contributed by atoms with Crippen molar-refractivity contribution in [2.75, 3.05) is 23.5 Å². The molecule has 206 valence electrons. The maximum absolute atomic E-state index is 6.58.